The number of nitrogens with zero attached hydrogens (tertiary/aromatic N) is 1. The molecule has 134 valence electrons. The van der Waals surface area contributed by atoms with Crippen molar-refractivity contribution >= 4 is 11.8 Å². The molecule has 1 aromatic rings. The van der Waals surface area contributed by atoms with Crippen LogP contribution in [0, 0.1) is 5.41 Å². The molecule has 1 N–H and O–H groups in total. The van der Waals surface area contributed by atoms with Crippen molar-refractivity contribution in [3.8, 4) is 5.75 Å². The lowest BCUT2D eigenvalue weighted by molar-refractivity contribution is -0.131. The molecular formula is C19H30N2O3. The number of ether oxygens (including phenoxy) is 1. The van der Waals surface area contributed by atoms with Gasteiger partial charge in [0.15, 0.2) is 0 Å². The third-order valence-corrected chi connectivity index (χ3v) is 3.61. The molecule has 5 nitrogen and oxygen atoms in total. The molecule has 5 heteroatoms. The third kappa shape index (κ3) is 7.02. The summed E-state index contributed by atoms with van der Waals surface area (Å²) in [5.74, 6) is 0.927. The number of rotatable bonds is 8. The van der Waals surface area contributed by atoms with Gasteiger partial charge in [-0.05, 0) is 31.0 Å². The lowest BCUT2D eigenvalue weighted by atomic mass is 9.96. The van der Waals surface area contributed by atoms with Crippen LogP contribution >= 0.6 is 0 Å². The SMILES string of the molecule is CCOc1ccc(CN(C)C(=O)CCCNC(=O)C(C)(C)C)cc1. The minimum atomic E-state index is -0.394. The van der Waals surface area contributed by atoms with Gasteiger partial charge in [0, 0.05) is 32.0 Å². The molecule has 0 aliphatic rings. The van der Waals surface area contributed by atoms with Gasteiger partial charge in [0.25, 0.3) is 0 Å². The zero-order valence-corrected chi connectivity index (χ0v) is 15.5. The number of carbonyl (C=O) groups excluding carboxylic acids is 2. The summed E-state index contributed by atoms with van der Waals surface area (Å²) in [6.07, 6.45) is 1.08. The average molecular weight is 334 g/mol. The fourth-order valence-corrected chi connectivity index (χ4v) is 2.12. The van der Waals surface area contributed by atoms with E-state index in [0.29, 0.717) is 32.5 Å². The zero-order valence-electron chi connectivity index (χ0n) is 15.5. The van der Waals surface area contributed by atoms with E-state index in [1.54, 1.807) is 11.9 Å². The molecule has 0 bridgehead atoms. The predicted octanol–water partition coefficient (Wildman–Crippen LogP) is 2.99. The highest BCUT2D eigenvalue weighted by atomic mass is 16.5. The van der Waals surface area contributed by atoms with Crippen LogP contribution in [0.5, 0.6) is 5.75 Å². The highest BCUT2D eigenvalue weighted by molar-refractivity contribution is 5.81. The monoisotopic (exact) mass is 334 g/mol. The molecule has 0 aliphatic carbocycles. The number of carbonyl (C=O) groups is 2. The Balaban J connectivity index is 2.33. The molecule has 0 aliphatic heterocycles. The normalized spacial score (nSPS) is 11.0. The summed E-state index contributed by atoms with van der Waals surface area (Å²) in [5.41, 5.74) is 0.671. The Kier molecular flexibility index (Phi) is 7.75. The molecule has 1 aromatic carbocycles. The second-order valence-electron chi connectivity index (χ2n) is 6.94. The van der Waals surface area contributed by atoms with Crippen molar-refractivity contribution in [3.05, 3.63) is 29.8 Å². The second kappa shape index (κ2) is 9.30. The van der Waals surface area contributed by atoms with Crippen LogP contribution in [0.4, 0.5) is 0 Å². The summed E-state index contributed by atoms with van der Waals surface area (Å²) in [6, 6.07) is 7.77. The van der Waals surface area contributed by atoms with Gasteiger partial charge in [0.1, 0.15) is 5.75 Å². The van der Waals surface area contributed by atoms with Gasteiger partial charge in [-0.2, -0.15) is 0 Å². The van der Waals surface area contributed by atoms with Crippen molar-refractivity contribution in [1.29, 1.82) is 0 Å². The van der Waals surface area contributed by atoms with Crippen LogP contribution in [0.1, 0.15) is 46.1 Å². The maximum Gasteiger partial charge on any atom is 0.225 e. The predicted molar refractivity (Wildman–Crippen MR) is 95.8 cm³/mol. The van der Waals surface area contributed by atoms with Gasteiger partial charge < -0.3 is 15.0 Å². The maximum absolute atomic E-state index is 12.1. The maximum atomic E-state index is 12.1. The summed E-state index contributed by atoms with van der Waals surface area (Å²) in [4.78, 5) is 25.6. The van der Waals surface area contributed by atoms with Crippen molar-refractivity contribution < 1.29 is 14.3 Å². The van der Waals surface area contributed by atoms with Gasteiger partial charge >= 0.3 is 0 Å². The molecular weight excluding hydrogens is 304 g/mol. The van der Waals surface area contributed by atoms with Crippen molar-refractivity contribution in [2.75, 3.05) is 20.2 Å². The molecule has 1 rings (SSSR count). The number of amides is 2. The molecule has 24 heavy (non-hydrogen) atoms. The molecule has 0 saturated carbocycles. The summed E-state index contributed by atoms with van der Waals surface area (Å²) in [5, 5.41) is 2.86. The summed E-state index contributed by atoms with van der Waals surface area (Å²) in [7, 11) is 1.80. The molecule has 0 saturated heterocycles. The first-order valence-corrected chi connectivity index (χ1v) is 8.48. The molecule has 2 amide bonds. The van der Waals surface area contributed by atoms with Gasteiger partial charge in [0.2, 0.25) is 11.8 Å². The minimum absolute atomic E-state index is 0.0118. The summed E-state index contributed by atoms with van der Waals surface area (Å²) >= 11 is 0. The lowest BCUT2D eigenvalue weighted by Crippen LogP contribution is -2.35. The van der Waals surface area contributed by atoms with Crippen LogP contribution in [0.15, 0.2) is 24.3 Å². The van der Waals surface area contributed by atoms with Gasteiger partial charge in [-0.3, -0.25) is 9.59 Å². The topological polar surface area (TPSA) is 58.6 Å². The van der Waals surface area contributed by atoms with E-state index in [9.17, 15) is 9.59 Å². The Labute approximate surface area is 145 Å². The fraction of sp³-hybridized carbons (Fsp3) is 0.579. The van der Waals surface area contributed by atoms with E-state index in [-0.39, 0.29) is 11.8 Å². The second-order valence-corrected chi connectivity index (χ2v) is 6.94. The van der Waals surface area contributed by atoms with Crippen molar-refractivity contribution in [3.63, 3.8) is 0 Å². The Bertz CT molecular complexity index is 533. The van der Waals surface area contributed by atoms with Gasteiger partial charge in [-0.25, -0.2) is 0 Å². The average Bonchev–Trinajstić information content (AvgIpc) is 2.52. The molecule has 0 unspecified atom stereocenters. The van der Waals surface area contributed by atoms with E-state index in [2.05, 4.69) is 5.32 Å². The lowest BCUT2D eigenvalue weighted by Gasteiger charge is -2.19. The van der Waals surface area contributed by atoms with E-state index >= 15 is 0 Å². The highest BCUT2D eigenvalue weighted by Crippen LogP contribution is 2.14. The number of nitrogens with one attached hydrogen (secondary N) is 1. The van der Waals surface area contributed by atoms with E-state index in [4.69, 9.17) is 4.74 Å². The first kappa shape index (κ1) is 20.0. The van der Waals surface area contributed by atoms with E-state index in [1.807, 2.05) is 52.0 Å². The smallest absolute Gasteiger partial charge is 0.225 e. The molecule has 0 fully saturated rings. The largest absolute Gasteiger partial charge is 0.494 e. The van der Waals surface area contributed by atoms with Gasteiger partial charge in [-0.15, -0.1) is 0 Å². The standard InChI is InChI=1S/C19H30N2O3/c1-6-24-16-11-9-15(10-12-16)14-21(5)17(22)8-7-13-20-18(23)19(2,3)4/h9-12H,6-8,13-14H2,1-5H3,(H,20,23). The van der Waals surface area contributed by atoms with Crippen LogP contribution in [0.3, 0.4) is 0 Å². The molecule has 0 radical (unpaired) electrons. The molecule has 0 aromatic heterocycles. The summed E-state index contributed by atoms with van der Waals surface area (Å²) in [6.45, 7) is 9.31. The Morgan fingerprint density at radius 2 is 1.79 bits per heavy atom. The van der Waals surface area contributed by atoms with Crippen LogP contribution < -0.4 is 10.1 Å². The van der Waals surface area contributed by atoms with Crippen LogP contribution in [0.25, 0.3) is 0 Å². The molecule has 0 spiro atoms. The number of benzene rings is 1. The van der Waals surface area contributed by atoms with E-state index < -0.39 is 5.41 Å². The van der Waals surface area contributed by atoms with Crippen LogP contribution in [0.2, 0.25) is 0 Å². The Morgan fingerprint density at radius 3 is 2.33 bits per heavy atom. The van der Waals surface area contributed by atoms with Crippen LogP contribution in [-0.2, 0) is 16.1 Å². The van der Waals surface area contributed by atoms with Crippen molar-refractivity contribution in [1.82, 2.24) is 10.2 Å². The van der Waals surface area contributed by atoms with Gasteiger partial charge in [0.05, 0.1) is 6.61 Å². The molecule has 0 atom stereocenters. The Morgan fingerprint density at radius 1 is 1.17 bits per heavy atom. The van der Waals surface area contributed by atoms with Crippen molar-refractivity contribution in [2.24, 2.45) is 5.41 Å². The first-order valence-electron chi connectivity index (χ1n) is 8.48. The van der Waals surface area contributed by atoms with Crippen molar-refractivity contribution in [2.45, 2.75) is 47.1 Å². The fourth-order valence-electron chi connectivity index (χ4n) is 2.12. The third-order valence-electron chi connectivity index (χ3n) is 3.61. The molecule has 0 heterocycles. The van der Waals surface area contributed by atoms with Gasteiger partial charge in [-0.1, -0.05) is 32.9 Å². The minimum Gasteiger partial charge on any atom is -0.494 e. The number of hydrogen-bond acceptors (Lipinski definition) is 3. The highest BCUT2D eigenvalue weighted by Gasteiger charge is 2.20. The first-order chi connectivity index (χ1) is 11.2. The van der Waals surface area contributed by atoms with Crippen LogP contribution in [-0.4, -0.2) is 36.9 Å². The Hall–Kier alpha value is -2.04. The zero-order chi connectivity index (χ0) is 18.2. The van der Waals surface area contributed by atoms with E-state index in [0.717, 1.165) is 11.3 Å². The number of hydrogen-bond donors (Lipinski definition) is 1. The quantitative estimate of drug-likeness (QED) is 0.744. The van der Waals surface area contributed by atoms with E-state index in [1.165, 1.54) is 0 Å². The summed E-state index contributed by atoms with van der Waals surface area (Å²) < 4.78 is 5.41.